The number of rotatable bonds is 5. The van der Waals surface area contributed by atoms with Gasteiger partial charge in [-0.3, -0.25) is 14.5 Å². The summed E-state index contributed by atoms with van der Waals surface area (Å²) in [6.07, 6.45) is 2.92. The Kier molecular flexibility index (Phi) is 5.87. The Labute approximate surface area is 208 Å². The highest BCUT2D eigenvalue weighted by Crippen LogP contribution is 2.46. The average molecular weight is 491 g/mol. The SMILES string of the molecule is CC1CC(C)(C)CC2(C1)NC(=O)N(CC(=O)Nc1ccc(Cc3nc4ccccc4s3)cc1)C2=O. The number of carbonyl (C=O) groups excluding carboxylic acids is 3. The summed E-state index contributed by atoms with van der Waals surface area (Å²) in [5.41, 5.74) is 1.77. The van der Waals surface area contributed by atoms with Gasteiger partial charge in [-0.15, -0.1) is 11.3 Å². The molecule has 4 amide bonds. The number of urea groups is 1. The summed E-state index contributed by atoms with van der Waals surface area (Å²) < 4.78 is 1.17. The number of anilines is 1. The molecule has 35 heavy (non-hydrogen) atoms. The fraction of sp³-hybridized carbons (Fsp3) is 0.407. The molecule has 3 aromatic rings. The van der Waals surface area contributed by atoms with Gasteiger partial charge in [-0.05, 0) is 60.4 Å². The highest BCUT2D eigenvalue weighted by molar-refractivity contribution is 7.18. The predicted molar refractivity (Wildman–Crippen MR) is 137 cm³/mol. The van der Waals surface area contributed by atoms with Gasteiger partial charge < -0.3 is 10.6 Å². The minimum Gasteiger partial charge on any atom is -0.325 e. The zero-order valence-corrected chi connectivity index (χ0v) is 21.1. The van der Waals surface area contributed by atoms with Crippen LogP contribution in [0.4, 0.5) is 10.5 Å². The molecule has 2 atom stereocenters. The molecule has 2 fully saturated rings. The van der Waals surface area contributed by atoms with Crippen molar-refractivity contribution in [2.45, 2.75) is 52.0 Å². The number of nitrogens with one attached hydrogen (secondary N) is 2. The second-order valence-corrected chi connectivity index (χ2v) is 11.9. The second kappa shape index (κ2) is 8.75. The summed E-state index contributed by atoms with van der Waals surface area (Å²) in [4.78, 5) is 44.3. The van der Waals surface area contributed by atoms with Crippen LogP contribution in [0.3, 0.4) is 0 Å². The first kappa shape index (κ1) is 23.5. The predicted octanol–water partition coefficient (Wildman–Crippen LogP) is 4.96. The van der Waals surface area contributed by atoms with Gasteiger partial charge in [0, 0.05) is 12.1 Å². The van der Waals surface area contributed by atoms with Crippen molar-refractivity contribution in [2.24, 2.45) is 11.3 Å². The number of hydrogen-bond acceptors (Lipinski definition) is 5. The molecule has 2 aliphatic rings. The Morgan fingerprint density at radius 3 is 2.60 bits per heavy atom. The summed E-state index contributed by atoms with van der Waals surface area (Å²) >= 11 is 1.68. The van der Waals surface area contributed by atoms with E-state index in [4.69, 9.17) is 0 Å². The lowest BCUT2D eigenvalue weighted by Gasteiger charge is -2.43. The van der Waals surface area contributed by atoms with Gasteiger partial charge >= 0.3 is 6.03 Å². The lowest BCUT2D eigenvalue weighted by Crippen LogP contribution is -2.54. The highest BCUT2D eigenvalue weighted by Gasteiger charge is 2.56. The molecule has 8 heteroatoms. The zero-order chi connectivity index (χ0) is 24.8. The molecular formula is C27H30N4O3S. The number of fused-ring (bicyclic) bond motifs is 1. The number of imide groups is 1. The second-order valence-electron chi connectivity index (χ2n) is 10.8. The Balaban J connectivity index is 1.21. The molecule has 1 spiro atoms. The molecule has 1 aliphatic carbocycles. The maximum atomic E-state index is 13.3. The number of nitrogens with zero attached hydrogens (tertiary/aromatic N) is 2. The Morgan fingerprint density at radius 2 is 1.89 bits per heavy atom. The maximum Gasteiger partial charge on any atom is 0.325 e. The number of para-hydroxylation sites is 1. The number of carbonyl (C=O) groups is 3. The van der Waals surface area contributed by atoms with Crippen LogP contribution in [0.25, 0.3) is 10.2 Å². The fourth-order valence-electron chi connectivity index (χ4n) is 5.87. The minimum absolute atomic E-state index is 0.0496. The van der Waals surface area contributed by atoms with E-state index in [1.165, 1.54) is 4.70 Å². The quantitative estimate of drug-likeness (QED) is 0.495. The van der Waals surface area contributed by atoms with Crippen molar-refractivity contribution in [2.75, 3.05) is 11.9 Å². The van der Waals surface area contributed by atoms with Crippen molar-refractivity contribution in [1.29, 1.82) is 0 Å². The molecule has 2 N–H and O–H groups in total. The van der Waals surface area contributed by atoms with E-state index in [9.17, 15) is 14.4 Å². The number of thiazole rings is 1. The van der Waals surface area contributed by atoms with E-state index in [0.29, 0.717) is 30.9 Å². The van der Waals surface area contributed by atoms with Crippen molar-refractivity contribution in [3.8, 4) is 0 Å². The summed E-state index contributed by atoms with van der Waals surface area (Å²) in [6, 6.07) is 15.2. The van der Waals surface area contributed by atoms with Crippen molar-refractivity contribution in [3.63, 3.8) is 0 Å². The van der Waals surface area contributed by atoms with E-state index in [-0.39, 0.29) is 17.9 Å². The van der Waals surface area contributed by atoms with Gasteiger partial charge in [0.1, 0.15) is 12.1 Å². The van der Waals surface area contributed by atoms with Crippen molar-refractivity contribution in [3.05, 3.63) is 59.1 Å². The minimum atomic E-state index is -0.902. The van der Waals surface area contributed by atoms with Crippen LogP contribution in [0.1, 0.15) is 50.6 Å². The van der Waals surface area contributed by atoms with Gasteiger partial charge in [0.2, 0.25) is 5.91 Å². The Hall–Kier alpha value is -3.26. The molecule has 2 heterocycles. The van der Waals surface area contributed by atoms with E-state index in [0.717, 1.165) is 27.4 Å². The molecule has 1 aliphatic heterocycles. The molecule has 1 saturated heterocycles. The molecule has 7 nitrogen and oxygen atoms in total. The van der Waals surface area contributed by atoms with Gasteiger partial charge in [-0.2, -0.15) is 0 Å². The van der Waals surface area contributed by atoms with E-state index < -0.39 is 17.5 Å². The van der Waals surface area contributed by atoms with Crippen LogP contribution < -0.4 is 10.6 Å². The van der Waals surface area contributed by atoms with Gasteiger partial charge in [0.05, 0.1) is 15.2 Å². The molecule has 2 unspecified atom stereocenters. The number of benzene rings is 2. The average Bonchev–Trinajstić information content (AvgIpc) is 3.27. The topological polar surface area (TPSA) is 91.4 Å². The van der Waals surface area contributed by atoms with Gasteiger partial charge in [-0.25, -0.2) is 9.78 Å². The molecule has 2 aromatic carbocycles. The van der Waals surface area contributed by atoms with Crippen molar-refractivity contribution < 1.29 is 14.4 Å². The van der Waals surface area contributed by atoms with E-state index >= 15 is 0 Å². The molecular weight excluding hydrogens is 460 g/mol. The first-order valence-electron chi connectivity index (χ1n) is 12.0. The summed E-state index contributed by atoms with van der Waals surface area (Å²) in [5, 5.41) is 6.77. The molecule has 1 aromatic heterocycles. The molecule has 5 rings (SSSR count). The van der Waals surface area contributed by atoms with Crippen LogP contribution in [-0.4, -0.2) is 39.8 Å². The third-order valence-corrected chi connectivity index (χ3v) is 7.89. The van der Waals surface area contributed by atoms with Crippen molar-refractivity contribution >= 4 is 45.1 Å². The van der Waals surface area contributed by atoms with Crippen LogP contribution in [0.5, 0.6) is 0 Å². The highest BCUT2D eigenvalue weighted by atomic mass is 32.1. The summed E-state index contributed by atoms with van der Waals surface area (Å²) in [7, 11) is 0. The molecule has 182 valence electrons. The van der Waals surface area contributed by atoms with E-state index in [1.54, 1.807) is 11.3 Å². The van der Waals surface area contributed by atoms with Crippen LogP contribution in [0.15, 0.2) is 48.5 Å². The lowest BCUT2D eigenvalue weighted by atomic mass is 9.64. The van der Waals surface area contributed by atoms with Gasteiger partial charge in [-0.1, -0.05) is 45.0 Å². The third kappa shape index (κ3) is 4.80. The lowest BCUT2D eigenvalue weighted by molar-refractivity contribution is -0.136. The van der Waals surface area contributed by atoms with Crippen LogP contribution in [0.2, 0.25) is 0 Å². The monoisotopic (exact) mass is 490 g/mol. The van der Waals surface area contributed by atoms with Gasteiger partial charge in [0.15, 0.2) is 0 Å². The van der Waals surface area contributed by atoms with E-state index in [2.05, 4.69) is 42.5 Å². The molecule has 0 bridgehead atoms. The number of hydrogen-bond donors (Lipinski definition) is 2. The molecule has 0 radical (unpaired) electrons. The van der Waals surface area contributed by atoms with Crippen LogP contribution >= 0.6 is 11.3 Å². The number of amides is 4. The van der Waals surface area contributed by atoms with Crippen LogP contribution in [-0.2, 0) is 16.0 Å². The first-order chi connectivity index (χ1) is 16.6. The fourth-order valence-corrected chi connectivity index (χ4v) is 6.87. The smallest absolute Gasteiger partial charge is 0.325 e. The number of aromatic nitrogens is 1. The first-order valence-corrected chi connectivity index (χ1v) is 12.8. The third-order valence-electron chi connectivity index (χ3n) is 6.86. The summed E-state index contributed by atoms with van der Waals surface area (Å²) in [5.74, 6) is -0.367. The zero-order valence-electron chi connectivity index (χ0n) is 20.3. The Bertz CT molecular complexity index is 1270. The summed E-state index contributed by atoms with van der Waals surface area (Å²) in [6.45, 7) is 6.06. The normalized spacial score (nSPS) is 23.6. The largest absolute Gasteiger partial charge is 0.325 e. The maximum absolute atomic E-state index is 13.3. The van der Waals surface area contributed by atoms with Crippen LogP contribution in [0, 0.1) is 11.3 Å². The standard InChI is InChI=1S/C27H30N4O3S/c1-17-13-26(2,3)16-27(14-17)24(33)31(25(34)30-27)15-22(32)28-19-10-8-18(9-11-19)12-23-29-20-6-4-5-7-21(20)35-23/h4-11,17H,12-16H2,1-3H3,(H,28,32)(H,30,34). The van der Waals surface area contributed by atoms with Crippen molar-refractivity contribution in [1.82, 2.24) is 15.2 Å². The van der Waals surface area contributed by atoms with E-state index in [1.807, 2.05) is 42.5 Å². The van der Waals surface area contributed by atoms with Gasteiger partial charge in [0.25, 0.3) is 5.91 Å². The Morgan fingerprint density at radius 1 is 1.14 bits per heavy atom. The molecule has 1 saturated carbocycles.